The van der Waals surface area contributed by atoms with Gasteiger partial charge in [0.1, 0.15) is 0 Å². The van der Waals surface area contributed by atoms with Gasteiger partial charge in [-0.2, -0.15) is 0 Å². The monoisotopic (exact) mass is 210 g/mol. The van der Waals surface area contributed by atoms with Crippen LogP contribution in [-0.4, -0.2) is 19.6 Å². The lowest BCUT2D eigenvalue weighted by atomic mass is 9.90. The fourth-order valence-electron chi connectivity index (χ4n) is 2.10. The van der Waals surface area contributed by atoms with E-state index in [0.717, 1.165) is 19.6 Å². The smallest absolute Gasteiger partial charge is 0.0504 e. The largest absolute Gasteiger partial charge is 0.370 e. The van der Waals surface area contributed by atoms with Gasteiger partial charge in [0.2, 0.25) is 0 Å². The molecule has 2 heterocycles. The molecule has 1 aliphatic heterocycles. The molecule has 0 amide bonds. The van der Waals surface area contributed by atoms with Crippen LogP contribution in [0.1, 0.15) is 18.2 Å². The van der Waals surface area contributed by atoms with Crippen LogP contribution in [0.25, 0.3) is 0 Å². The van der Waals surface area contributed by atoms with Crippen molar-refractivity contribution in [1.29, 1.82) is 0 Å². The maximum Gasteiger partial charge on any atom is 0.0504 e. The molecule has 78 valence electrons. The molecule has 0 aromatic carbocycles. The highest BCUT2D eigenvalue weighted by molar-refractivity contribution is 7.10. The van der Waals surface area contributed by atoms with Gasteiger partial charge >= 0.3 is 0 Å². The van der Waals surface area contributed by atoms with Crippen molar-refractivity contribution in [1.82, 2.24) is 0 Å². The Bertz CT molecular complexity index is 321. The average molecular weight is 210 g/mol. The maximum atomic E-state index is 5.80. The van der Waals surface area contributed by atoms with Crippen LogP contribution in [-0.2, 0) is 0 Å². The third-order valence-corrected chi connectivity index (χ3v) is 4.06. The highest BCUT2D eigenvalue weighted by Gasteiger charge is 2.33. The minimum atomic E-state index is 0.328. The van der Waals surface area contributed by atoms with Crippen molar-refractivity contribution in [2.24, 2.45) is 11.1 Å². The van der Waals surface area contributed by atoms with Gasteiger partial charge in [0.15, 0.2) is 0 Å². The van der Waals surface area contributed by atoms with E-state index in [0.29, 0.717) is 5.41 Å². The first-order valence-corrected chi connectivity index (χ1v) is 6.02. The summed E-state index contributed by atoms with van der Waals surface area (Å²) in [5, 5.41) is 2.17. The average Bonchev–Trinajstić information content (AvgIpc) is 2.73. The van der Waals surface area contributed by atoms with Gasteiger partial charge in [-0.25, -0.2) is 0 Å². The lowest BCUT2D eigenvalue weighted by Crippen LogP contribution is -2.31. The molecule has 0 spiro atoms. The first-order valence-electron chi connectivity index (χ1n) is 5.14. The number of anilines is 1. The van der Waals surface area contributed by atoms with Gasteiger partial charge in [0.25, 0.3) is 0 Å². The van der Waals surface area contributed by atoms with E-state index in [1.54, 1.807) is 0 Å². The molecule has 3 heteroatoms. The first kappa shape index (κ1) is 9.99. The molecule has 0 saturated carbocycles. The van der Waals surface area contributed by atoms with Gasteiger partial charge in [0.05, 0.1) is 5.69 Å². The second-order valence-corrected chi connectivity index (χ2v) is 5.67. The Kier molecular flexibility index (Phi) is 2.54. The standard InChI is InChI=1S/C11H18N2S/c1-9-10(3-6-14-9)13-5-4-11(2,7-12)8-13/h3,6H,4-5,7-8,12H2,1-2H3. The summed E-state index contributed by atoms with van der Waals surface area (Å²) in [7, 11) is 0. The summed E-state index contributed by atoms with van der Waals surface area (Å²) >= 11 is 1.83. The van der Waals surface area contributed by atoms with Gasteiger partial charge in [0, 0.05) is 18.0 Å². The van der Waals surface area contributed by atoms with Crippen LogP contribution in [0.4, 0.5) is 5.69 Å². The number of aryl methyl sites for hydroxylation is 1. The fourth-order valence-corrected chi connectivity index (χ4v) is 2.82. The second-order valence-electron chi connectivity index (χ2n) is 4.55. The molecule has 1 aromatic heterocycles. The highest BCUT2D eigenvalue weighted by atomic mass is 32.1. The van der Waals surface area contributed by atoms with E-state index in [-0.39, 0.29) is 0 Å². The molecule has 0 aliphatic carbocycles. The molecule has 0 bridgehead atoms. The summed E-state index contributed by atoms with van der Waals surface area (Å²) < 4.78 is 0. The third kappa shape index (κ3) is 1.66. The normalized spacial score (nSPS) is 27.2. The Morgan fingerprint density at radius 2 is 2.43 bits per heavy atom. The molecule has 1 fully saturated rings. The Hall–Kier alpha value is -0.540. The van der Waals surface area contributed by atoms with Crippen molar-refractivity contribution in [2.45, 2.75) is 20.3 Å². The molecule has 0 radical (unpaired) electrons. The van der Waals surface area contributed by atoms with Gasteiger partial charge in [-0.05, 0) is 36.8 Å². The Labute approximate surface area is 89.7 Å². The molecule has 2 nitrogen and oxygen atoms in total. The fraction of sp³-hybridized carbons (Fsp3) is 0.636. The van der Waals surface area contributed by atoms with E-state index in [1.807, 2.05) is 11.3 Å². The van der Waals surface area contributed by atoms with Crippen molar-refractivity contribution in [3.8, 4) is 0 Å². The third-order valence-electron chi connectivity index (χ3n) is 3.22. The van der Waals surface area contributed by atoms with Gasteiger partial charge in [-0.3, -0.25) is 0 Å². The first-order chi connectivity index (χ1) is 6.64. The Balaban J connectivity index is 2.13. The number of rotatable bonds is 2. The topological polar surface area (TPSA) is 29.3 Å². The highest BCUT2D eigenvalue weighted by Crippen LogP contribution is 2.35. The van der Waals surface area contributed by atoms with E-state index in [1.165, 1.54) is 17.0 Å². The molecule has 2 rings (SSSR count). The Morgan fingerprint density at radius 3 is 2.93 bits per heavy atom. The number of hydrogen-bond donors (Lipinski definition) is 1. The number of nitrogens with zero attached hydrogens (tertiary/aromatic N) is 1. The van der Waals surface area contributed by atoms with Crippen LogP contribution < -0.4 is 10.6 Å². The van der Waals surface area contributed by atoms with Gasteiger partial charge in [-0.15, -0.1) is 11.3 Å². The lowest BCUT2D eigenvalue weighted by molar-refractivity contribution is 0.383. The van der Waals surface area contributed by atoms with Crippen LogP contribution >= 0.6 is 11.3 Å². The molecule has 1 aliphatic rings. The molecule has 1 saturated heterocycles. The summed E-state index contributed by atoms with van der Waals surface area (Å²) in [5.41, 5.74) is 7.53. The predicted molar refractivity (Wildman–Crippen MR) is 63.0 cm³/mol. The quantitative estimate of drug-likeness (QED) is 0.811. The van der Waals surface area contributed by atoms with E-state index in [2.05, 4.69) is 30.2 Å². The second kappa shape index (κ2) is 3.55. The molecular formula is C11H18N2S. The van der Waals surface area contributed by atoms with Crippen molar-refractivity contribution in [3.63, 3.8) is 0 Å². The number of nitrogens with two attached hydrogens (primary N) is 1. The predicted octanol–water partition coefficient (Wildman–Crippen LogP) is 2.23. The molecule has 1 aromatic rings. The van der Waals surface area contributed by atoms with Crippen LogP contribution in [0, 0.1) is 12.3 Å². The van der Waals surface area contributed by atoms with Crippen molar-refractivity contribution in [2.75, 3.05) is 24.5 Å². The van der Waals surface area contributed by atoms with E-state index < -0.39 is 0 Å². The van der Waals surface area contributed by atoms with E-state index >= 15 is 0 Å². The van der Waals surface area contributed by atoms with Crippen molar-refractivity contribution in [3.05, 3.63) is 16.3 Å². The number of hydrogen-bond acceptors (Lipinski definition) is 3. The van der Waals surface area contributed by atoms with Gasteiger partial charge < -0.3 is 10.6 Å². The summed E-state index contributed by atoms with van der Waals surface area (Å²) in [4.78, 5) is 3.89. The van der Waals surface area contributed by atoms with Crippen LogP contribution in [0.5, 0.6) is 0 Å². The zero-order valence-corrected chi connectivity index (χ0v) is 9.73. The minimum absolute atomic E-state index is 0.328. The maximum absolute atomic E-state index is 5.80. The SMILES string of the molecule is Cc1sccc1N1CCC(C)(CN)C1. The molecule has 1 unspecified atom stereocenters. The summed E-state index contributed by atoms with van der Waals surface area (Å²) in [6, 6.07) is 2.22. The van der Waals surface area contributed by atoms with Crippen LogP contribution in [0.15, 0.2) is 11.4 Å². The molecule has 14 heavy (non-hydrogen) atoms. The molecular weight excluding hydrogens is 192 g/mol. The lowest BCUT2D eigenvalue weighted by Gasteiger charge is -2.23. The van der Waals surface area contributed by atoms with Crippen molar-refractivity contribution < 1.29 is 0 Å². The summed E-state index contributed by atoms with van der Waals surface area (Å²) in [6.45, 7) is 7.55. The zero-order valence-electron chi connectivity index (χ0n) is 8.92. The Morgan fingerprint density at radius 1 is 1.64 bits per heavy atom. The zero-order chi connectivity index (χ0) is 10.2. The summed E-state index contributed by atoms with van der Waals surface area (Å²) in [6.07, 6.45) is 1.22. The van der Waals surface area contributed by atoms with Crippen LogP contribution in [0.2, 0.25) is 0 Å². The van der Waals surface area contributed by atoms with E-state index in [9.17, 15) is 0 Å². The van der Waals surface area contributed by atoms with Crippen molar-refractivity contribution >= 4 is 17.0 Å². The minimum Gasteiger partial charge on any atom is -0.370 e. The molecule has 1 atom stereocenters. The summed E-state index contributed by atoms with van der Waals surface area (Å²) in [5.74, 6) is 0. The molecule has 2 N–H and O–H groups in total. The van der Waals surface area contributed by atoms with Gasteiger partial charge in [-0.1, -0.05) is 6.92 Å². The van der Waals surface area contributed by atoms with Crippen LogP contribution in [0.3, 0.4) is 0 Å². The van der Waals surface area contributed by atoms with E-state index in [4.69, 9.17) is 5.73 Å². The number of thiophene rings is 1.